The Morgan fingerprint density at radius 3 is 2.92 bits per heavy atom. The van der Waals surface area contributed by atoms with E-state index in [1.165, 1.54) is 12.1 Å². The van der Waals surface area contributed by atoms with E-state index in [4.69, 9.17) is 0 Å². The van der Waals surface area contributed by atoms with Gasteiger partial charge in [-0.05, 0) is 25.5 Å². The van der Waals surface area contributed by atoms with Crippen LogP contribution in [0.2, 0.25) is 0 Å². The lowest BCUT2D eigenvalue weighted by Gasteiger charge is -1.97. The summed E-state index contributed by atoms with van der Waals surface area (Å²) in [6, 6.07) is 2.11. The first-order chi connectivity index (χ1) is 5.86. The molecular formula is C9H17N3. The second-order valence-electron chi connectivity index (χ2n) is 2.91. The summed E-state index contributed by atoms with van der Waals surface area (Å²) in [7, 11) is 0. The molecule has 0 bridgehead atoms. The van der Waals surface area contributed by atoms with Gasteiger partial charge in [0, 0.05) is 12.2 Å². The molecule has 0 aromatic carbocycles. The third-order valence-corrected chi connectivity index (χ3v) is 1.79. The molecule has 0 unspecified atom stereocenters. The quantitative estimate of drug-likeness (QED) is 0.652. The summed E-state index contributed by atoms with van der Waals surface area (Å²) in [5.41, 5.74) is 2.32. The molecule has 2 N–H and O–H groups in total. The van der Waals surface area contributed by atoms with Crippen molar-refractivity contribution in [1.82, 2.24) is 15.5 Å². The molecule has 0 radical (unpaired) electrons. The van der Waals surface area contributed by atoms with Crippen LogP contribution in [-0.2, 0) is 13.0 Å². The van der Waals surface area contributed by atoms with Gasteiger partial charge in [0.2, 0.25) is 0 Å². The molecule has 0 spiro atoms. The van der Waals surface area contributed by atoms with Crippen LogP contribution in [0.3, 0.4) is 0 Å². The van der Waals surface area contributed by atoms with Crippen molar-refractivity contribution >= 4 is 0 Å². The van der Waals surface area contributed by atoms with Gasteiger partial charge >= 0.3 is 0 Å². The van der Waals surface area contributed by atoms with Crippen molar-refractivity contribution in [3.63, 3.8) is 0 Å². The molecule has 3 nitrogen and oxygen atoms in total. The molecule has 0 saturated carbocycles. The Morgan fingerprint density at radius 2 is 2.33 bits per heavy atom. The molecule has 0 aliphatic heterocycles. The number of nitrogens with one attached hydrogen (secondary N) is 2. The zero-order valence-corrected chi connectivity index (χ0v) is 7.85. The maximum absolute atomic E-state index is 4.15. The van der Waals surface area contributed by atoms with E-state index in [1.807, 2.05) is 0 Å². The second-order valence-corrected chi connectivity index (χ2v) is 2.91. The number of rotatable bonds is 5. The zero-order chi connectivity index (χ0) is 8.81. The molecule has 1 aromatic heterocycles. The fraction of sp³-hybridized carbons (Fsp3) is 0.667. The van der Waals surface area contributed by atoms with Crippen molar-refractivity contribution in [2.75, 3.05) is 6.54 Å². The molecule has 0 saturated heterocycles. The molecule has 3 heteroatoms. The van der Waals surface area contributed by atoms with Crippen molar-refractivity contribution < 1.29 is 0 Å². The van der Waals surface area contributed by atoms with Gasteiger partial charge in [-0.2, -0.15) is 5.10 Å². The molecule has 0 fully saturated rings. The highest BCUT2D eigenvalue weighted by Crippen LogP contribution is 1.99. The molecule has 12 heavy (non-hydrogen) atoms. The molecule has 68 valence electrons. The van der Waals surface area contributed by atoms with Crippen LogP contribution in [0.25, 0.3) is 0 Å². The second kappa shape index (κ2) is 4.93. The number of nitrogens with zero attached hydrogens (tertiary/aromatic N) is 1. The van der Waals surface area contributed by atoms with Crippen LogP contribution in [0.1, 0.15) is 31.7 Å². The first-order valence-corrected chi connectivity index (χ1v) is 4.60. The molecule has 0 atom stereocenters. The van der Waals surface area contributed by atoms with Crippen LogP contribution in [0.4, 0.5) is 0 Å². The molecule has 1 heterocycles. The molecular weight excluding hydrogens is 150 g/mol. The van der Waals surface area contributed by atoms with Gasteiger partial charge in [-0.25, -0.2) is 0 Å². The fourth-order valence-electron chi connectivity index (χ4n) is 1.08. The largest absolute Gasteiger partial charge is 0.311 e. The van der Waals surface area contributed by atoms with Crippen LogP contribution in [-0.4, -0.2) is 16.7 Å². The first-order valence-electron chi connectivity index (χ1n) is 4.60. The molecule has 0 aliphatic rings. The normalized spacial score (nSPS) is 10.5. The van der Waals surface area contributed by atoms with Gasteiger partial charge in [-0.15, -0.1) is 0 Å². The maximum Gasteiger partial charge on any atom is 0.0622 e. The SMILES string of the molecule is CCCNCc1cc(CC)n[nH]1. The number of hydrogen-bond acceptors (Lipinski definition) is 2. The van der Waals surface area contributed by atoms with Crippen molar-refractivity contribution in [3.05, 3.63) is 17.5 Å². The average Bonchev–Trinajstić information content (AvgIpc) is 2.53. The van der Waals surface area contributed by atoms with Crippen molar-refractivity contribution in [2.45, 2.75) is 33.2 Å². The number of aromatic nitrogens is 2. The lowest BCUT2D eigenvalue weighted by atomic mass is 10.3. The van der Waals surface area contributed by atoms with Gasteiger partial charge in [0.1, 0.15) is 0 Å². The zero-order valence-electron chi connectivity index (χ0n) is 7.85. The Labute approximate surface area is 73.6 Å². The van der Waals surface area contributed by atoms with E-state index in [2.05, 4.69) is 35.4 Å². The minimum atomic E-state index is 0.904. The van der Waals surface area contributed by atoms with E-state index in [1.54, 1.807) is 0 Å². The standard InChI is InChI=1S/C9H17N3/c1-3-5-10-7-9-6-8(4-2)11-12-9/h6,10H,3-5,7H2,1-2H3,(H,11,12). The maximum atomic E-state index is 4.15. The number of aryl methyl sites for hydroxylation is 1. The fourth-order valence-corrected chi connectivity index (χ4v) is 1.08. The molecule has 1 rings (SSSR count). The van der Waals surface area contributed by atoms with E-state index in [0.717, 1.165) is 25.2 Å². The summed E-state index contributed by atoms with van der Waals surface area (Å²) in [6.07, 6.45) is 2.18. The Bertz CT molecular complexity index is 217. The minimum Gasteiger partial charge on any atom is -0.311 e. The molecule has 0 aliphatic carbocycles. The van der Waals surface area contributed by atoms with E-state index in [0.29, 0.717) is 0 Å². The molecule has 0 amide bonds. The average molecular weight is 167 g/mol. The van der Waals surface area contributed by atoms with Crippen LogP contribution >= 0.6 is 0 Å². The van der Waals surface area contributed by atoms with Gasteiger partial charge in [-0.3, -0.25) is 5.10 Å². The van der Waals surface area contributed by atoms with Crippen LogP contribution in [0.5, 0.6) is 0 Å². The minimum absolute atomic E-state index is 0.904. The number of H-pyrrole nitrogens is 1. The van der Waals surface area contributed by atoms with Gasteiger partial charge < -0.3 is 5.32 Å². The van der Waals surface area contributed by atoms with Gasteiger partial charge in [0.15, 0.2) is 0 Å². The Kier molecular flexibility index (Phi) is 3.80. The predicted molar refractivity (Wildman–Crippen MR) is 50.0 cm³/mol. The smallest absolute Gasteiger partial charge is 0.0622 e. The van der Waals surface area contributed by atoms with Gasteiger partial charge in [0.05, 0.1) is 5.69 Å². The van der Waals surface area contributed by atoms with E-state index in [9.17, 15) is 0 Å². The van der Waals surface area contributed by atoms with Crippen LogP contribution in [0.15, 0.2) is 6.07 Å². The summed E-state index contributed by atoms with van der Waals surface area (Å²) in [4.78, 5) is 0. The van der Waals surface area contributed by atoms with Crippen molar-refractivity contribution in [1.29, 1.82) is 0 Å². The lowest BCUT2D eigenvalue weighted by Crippen LogP contribution is -2.13. The van der Waals surface area contributed by atoms with Gasteiger partial charge in [-0.1, -0.05) is 13.8 Å². The lowest BCUT2D eigenvalue weighted by molar-refractivity contribution is 0.662. The van der Waals surface area contributed by atoms with Crippen molar-refractivity contribution in [2.24, 2.45) is 0 Å². The van der Waals surface area contributed by atoms with E-state index in [-0.39, 0.29) is 0 Å². The Hall–Kier alpha value is -0.830. The van der Waals surface area contributed by atoms with Crippen LogP contribution < -0.4 is 5.32 Å². The highest BCUT2D eigenvalue weighted by molar-refractivity contribution is 5.07. The first kappa shape index (κ1) is 9.26. The highest BCUT2D eigenvalue weighted by atomic mass is 15.1. The highest BCUT2D eigenvalue weighted by Gasteiger charge is 1.96. The summed E-state index contributed by atoms with van der Waals surface area (Å²) in [5, 5.41) is 10.5. The summed E-state index contributed by atoms with van der Waals surface area (Å²) in [5.74, 6) is 0. The summed E-state index contributed by atoms with van der Waals surface area (Å²) < 4.78 is 0. The number of aromatic amines is 1. The van der Waals surface area contributed by atoms with Gasteiger partial charge in [0.25, 0.3) is 0 Å². The summed E-state index contributed by atoms with van der Waals surface area (Å²) >= 11 is 0. The topological polar surface area (TPSA) is 40.7 Å². The Morgan fingerprint density at radius 1 is 1.50 bits per heavy atom. The monoisotopic (exact) mass is 167 g/mol. The predicted octanol–water partition coefficient (Wildman–Crippen LogP) is 1.47. The number of hydrogen-bond donors (Lipinski definition) is 2. The summed E-state index contributed by atoms with van der Waals surface area (Å²) in [6.45, 7) is 6.25. The van der Waals surface area contributed by atoms with E-state index < -0.39 is 0 Å². The molecule has 1 aromatic rings. The van der Waals surface area contributed by atoms with Crippen molar-refractivity contribution in [3.8, 4) is 0 Å². The van der Waals surface area contributed by atoms with E-state index >= 15 is 0 Å². The Balaban J connectivity index is 2.31. The van der Waals surface area contributed by atoms with Crippen LogP contribution in [0, 0.1) is 0 Å². The third kappa shape index (κ3) is 2.66. The third-order valence-electron chi connectivity index (χ3n) is 1.79.